The monoisotopic (exact) mass is 496 g/mol. The topological polar surface area (TPSA) is 96.2 Å². The van der Waals surface area contributed by atoms with Gasteiger partial charge in [-0.1, -0.05) is 0 Å². The van der Waals surface area contributed by atoms with Crippen molar-refractivity contribution in [2.24, 2.45) is 5.73 Å². The predicted octanol–water partition coefficient (Wildman–Crippen LogP) is 2.07. The summed E-state index contributed by atoms with van der Waals surface area (Å²) in [4.78, 5) is 38.5. The summed E-state index contributed by atoms with van der Waals surface area (Å²) in [5.41, 5.74) is 4.99. The summed E-state index contributed by atoms with van der Waals surface area (Å²) < 4.78 is 83.6. The number of anilines is 2. The van der Waals surface area contributed by atoms with Crippen molar-refractivity contribution >= 4 is 29.1 Å². The van der Waals surface area contributed by atoms with Crippen LogP contribution in [0.5, 0.6) is 0 Å². The lowest BCUT2D eigenvalue weighted by Gasteiger charge is -2.38. The third-order valence-corrected chi connectivity index (χ3v) is 5.70. The van der Waals surface area contributed by atoms with Crippen molar-refractivity contribution in [3.05, 3.63) is 23.8 Å². The van der Waals surface area contributed by atoms with Crippen molar-refractivity contribution in [3.8, 4) is 0 Å². The van der Waals surface area contributed by atoms with Crippen LogP contribution in [0.1, 0.15) is 23.2 Å². The van der Waals surface area contributed by atoms with Gasteiger partial charge in [0.05, 0.1) is 11.3 Å². The number of amides is 3. The first-order valence-corrected chi connectivity index (χ1v) is 10.3. The molecule has 0 aliphatic carbocycles. The van der Waals surface area contributed by atoms with Gasteiger partial charge < -0.3 is 25.2 Å². The first-order chi connectivity index (χ1) is 15.8. The molecule has 2 fully saturated rings. The normalized spacial score (nSPS) is 18.1. The number of nitrogens with zero attached hydrogens (tertiary/aromatic N) is 3. The standard InChI is InChI=1S/C20H22F6N4O4/c21-19(22,23)17(32)29-7-5-28(6-8-29)13-1-2-14(16(27)31)15(11-13)30(18(33)20(24,25)26)12-3-9-34-10-4-12/h1-2,11-12H,3-10H2,(H2,27,31). The van der Waals surface area contributed by atoms with Crippen LogP contribution in [0.15, 0.2) is 18.2 Å². The molecule has 2 aliphatic rings. The van der Waals surface area contributed by atoms with Gasteiger partial charge >= 0.3 is 24.2 Å². The number of primary amides is 1. The molecule has 8 nitrogen and oxygen atoms in total. The van der Waals surface area contributed by atoms with Gasteiger partial charge in [0.25, 0.3) is 5.91 Å². The van der Waals surface area contributed by atoms with Gasteiger partial charge in [-0.15, -0.1) is 0 Å². The highest BCUT2D eigenvalue weighted by atomic mass is 19.4. The number of piperazine rings is 1. The lowest BCUT2D eigenvalue weighted by atomic mass is 10.0. The van der Waals surface area contributed by atoms with E-state index in [0.29, 0.717) is 9.80 Å². The highest BCUT2D eigenvalue weighted by Crippen LogP contribution is 2.34. The van der Waals surface area contributed by atoms with E-state index < -0.39 is 36.1 Å². The van der Waals surface area contributed by atoms with Crippen molar-refractivity contribution in [2.45, 2.75) is 31.2 Å². The van der Waals surface area contributed by atoms with Crippen LogP contribution in [-0.4, -0.2) is 80.4 Å². The van der Waals surface area contributed by atoms with Crippen molar-refractivity contribution in [1.29, 1.82) is 0 Å². The zero-order chi connectivity index (χ0) is 25.3. The molecule has 2 heterocycles. The maximum atomic E-state index is 13.5. The molecule has 3 rings (SSSR count). The average molecular weight is 496 g/mol. The molecule has 1 aromatic rings. The van der Waals surface area contributed by atoms with Gasteiger partial charge in [-0.2, -0.15) is 26.3 Å². The number of alkyl halides is 6. The van der Waals surface area contributed by atoms with E-state index in [1.807, 2.05) is 0 Å². The fourth-order valence-electron chi connectivity index (χ4n) is 4.02. The van der Waals surface area contributed by atoms with Gasteiger partial charge in [0.2, 0.25) is 0 Å². The minimum absolute atomic E-state index is 0.0400. The number of halogens is 6. The first kappa shape index (κ1) is 25.6. The molecule has 0 bridgehead atoms. The van der Waals surface area contributed by atoms with Crippen LogP contribution in [0, 0.1) is 0 Å². The second kappa shape index (κ2) is 9.68. The lowest BCUT2D eigenvalue weighted by Crippen LogP contribution is -2.52. The summed E-state index contributed by atoms with van der Waals surface area (Å²) in [7, 11) is 0. The molecular weight excluding hydrogens is 474 g/mol. The summed E-state index contributed by atoms with van der Waals surface area (Å²) in [6.07, 6.45) is -10.0. The molecule has 34 heavy (non-hydrogen) atoms. The minimum Gasteiger partial charge on any atom is -0.381 e. The summed E-state index contributed by atoms with van der Waals surface area (Å²) in [5, 5.41) is 0. The summed E-state index contributed by atoms with van der Waals surface area (Å²) in [5.74, 6) is -5.19. The van der Waals surface area contributed by atoms with Crippen molar-refractivity contribution in [1.82, 2.24) is 4.90 Å². The van der Waals surface area contributed by atoms with Crippen molar-refractivity contribution in [2.75, 3.05) is 49.2 Å². The third kappa shape index (κ3) is 5.54. The van der Waals surface area contributed by atoms with Crippen molar-refractivity contribution < 1.29 is 45.5 Å². The Morgan fingerprint density at radius 3 is 2.03 bits per heavy atom. The van der Waals surface area contributed by atoms with E-state index in [-0.39, 0.29) is 69.2 Å². The largest absolute Gasteiger partial charge is 0.471 e. The molecule has 2 aliphatic heterocycles. The molecule has 0 radical (unpaired) electrons. The number of hydrogen-bond acceptors (Lipinski definition) is 5. The fourth-order valence-corrected chi connectivity index (χ4v) is 4.02. The number of benzene rings is 1. The molecule has 188 valence electrons. The number of carbonyl (C=O) groups is 3. The van der Waals surface area contributed by atoms with E-state index >= 15 is 0 Å². The van der Waals surface area contributed by atoms with Gasteiger partial charge in [0, 0.05) is 51.1 Å². The Kier molecular flexibility index (Phi) is 7.29. The smallest absolute Gasteiger partial charge is 0.381 e. The minimum atomic E-state index is -5.23. The predicted molar refractivity (Wildman–Crippen MR) is 107 cm³/mol. The summed E-state index contributed by atoms with van der Waals surface area (Å²) in [6.45, 7) is -0.379. The van der Waals surface area contributed by atoms with Crippen LogP contribution in [-0.2, 0) is 14.3 Å². The van der Waals surface area contributed by atoms with E-state index in [1.165, 1.54) is 18.2 Å². The molecule has 0 unspecified atom stereocenters. The Morgan fingerprint density at radius 2 is 1.53 bits per heavy atom. The van der Waals surface area contributed by atoms with Crippen LogP contribution in [0.2, 0.25) is 0 Å². The maximum absolute atomic E-state index is 13.5. The number of carbonyl (C=O) groups excluding carboxylic acids is 3. The molecule has 1 aromatic carbocycles. The number of nitrogens with two attached hydrogens (primary N) is 1. The second-order valence-corrected chi connectivity index (χ2v) is 7.86. The van der Waals surface area contributed by atoms with Gasteiger partial charge in [-0.05, 0) is 31.0 Å². The van der Waals surface area contributed by atoms with E-state index in [2.05, 4.69) is 0 Å². The number of hydrogen-bond donors (Lipinski definition) is 1. The van der Waals surface area contributed by atoms with Crippen LogP contribution in [0.3, 0.4) is 0 Å². The van der Waals surface area contributed by atoms with Crippen LogP contribution in [0.4, 0.5) is 37.7 Å². The Hall–Kier alpha value is -3.03. The number of ether oxygens (including phenoxy) is 1. The molecular formula is C20H22F6N4O4. The maximum Gasteiger partial charge on any atom is 0.471 e. The fraction of sp³-hybridized carbons (Fsp3) is 0.550. The second-order valence-electron chi connectivity index (χ2n) is 7.86. The first-order valence-electron chi connectivity index (χ1n) is 10.3. The quantitative estimate of drug-likeness (QED) is 0.644. The highest BCUT2D eigenvalue weighted by molar-refractivity contribution is 6.06. The van der Waals surface area contributed by atoms with Crippen LogP contribution in [0.25, 0.3) is 0 Å². The number of rotatable bonds is 4. The Morgan fingerprint density at radius 1 is 0.941 bits per heavy atom. The lowest BCUT2D eigenvalue weighted by molar-refractivity contribution is -0.185. The molecule has 0 aromatic heterocycles. The molecule has 2 N–H and O–H groups in total. The van der Waals surface area contributed by atoms with Crippen LogP contribution < -0.4 is 15.5 Å². The Labute approximate surface area is 190 Å². The zero-order valence-electron chi connectivity index (χ0n) is 17.8. The highest BCUT2D eigenvalue weighted by Gasteiger charge is 2.47. The summed E-state index contributed by atoms with van der Waals surface area (Å²) in [6, 6.07) is 2.85. The Balaban J connectivity index is 1.94. The van der Waals surface area contributed by atoms with Gasteiger partial charge in [0.15, 0.2) is 0 Å². The molecule has 3 amide bonds. The van der Waals surface area contributed by atoms with E-state index in [1.54, 1.807) is 4.90 Å². The average Bonchev–Trinajstić information content (AvgIpc) is 2.78. The van der Waals surface area contributed by atoms with E-state index in [9.17, 15) is 40.7 Å². The molecule has 14 heteroatoms. The van der Waals surface area contributed by atoms with Gasteiger partial charge in [-0.3, -0.25) is 14.4 Å². The van der Waals surface area contributed by atoms with Gasteiger partial charge in [0.1, 0.15) is 0 Å². The van der Waals surface area contributed by atoms with E-state index in [0.717, 1.165) is 0 Å². The summed E-state index contributed by atoms with van der Waals surface area (Å²) >= 11 is 0. The Bertz CT molecular complexity index is 938. The SMILES string of the molecule is NC(=O)c1ccc(N2CCN(C(=O)C(F)(F)F)CC2)cc1N(C(=O)C(F)(F)F)C1CCOCC1. The van der Waals surface area contributed by atoms with Crippen LogP contribution >= 0.6 is 0 Å². The third-order valence-electron chi connectivity index (χ3n) is 5.70. The van der Waals surface area contributed by atoms with Crippen molar-refractivity contribution in [3.63, 3.8) is 0 Å². The molecule has 2 saturated heterocycles. The zero-order valence-corrected chi connectivity index (χ0v) is 17.8. The molecule has 0 atom stereocenters. The van der Waals surface area contributed by atoms with Gasteiger partial charge in [-0.25, -0.2) is 0 Å². The molecule has 0 saturated carbocycles. The van der Waals surface area contributed by atoms with E-state index in [4.69, 9.17) is 10.5 Å². The molecule has 0 spiro atoms.